The number of fused-ring (bicyclic) bond motifs is 1. The number of piperazine rings is 1. The van der Waals surface area contributed by atoms with Gasteiger partial charge in [-0.1, -0.05) is 18.7 Å². The van der Waals surface area contributed by atoms with Crippen LogP contribution in [0.2, 0.25) is 0 Å². The minimum Gasteiger partial charge on any atom is -0.353 e. The molecule has 0 bridgehead atoms. The molecule has 2 aliphatic rings. The maximum Gasteiger partial charge on any atom is 0.176 e. The van der Waals surface area contributed by atoms with Crippen molar-refractivity contribution in [3.05, 3.63) is 6.33 Å². The van der Waals surface area contributed by atoms with Crippen molar-refractivity contribution >= 4 is 39.3 Å². The first kappa shape index (κ1) is 16.5. The monoisotopic (exact) mass is 363 g/mol. The van der Waals surface area contributed by atoms with Gasteiger partial charge in [0.1, 0.15) is 11.0 Å². The lowest BCUT2D eigenvalue weighted by atomic mass is 9.86. The third-order valence-corrected chi connectivity index (χ3v) is 7.47. The number of hydrogen-bond acceptors (Lipinski definition) is 7. The Labute approximate surface area is 151 Å². The molecule has 0 radical (unpaired) electrons. The molecule has 2 aromatic rings. The van der Waals surface area contributed by atoms with Crippen LogP contribution in [0.3, 0.4) is 0 Å². The van der Waals surface area contributed by atoms with Crippen molar-refractivity contribution in [2.75, 3.05) is 37.3 Å². The number of thioether (sulfide) groups is 1. The van der Waals surface area contributed by atoms with E-state index in [0.29, 0.717) is 0 Å². The number of hydrogen-bond donors (Lipinski definition) is 0. The molecule has 5 nitrogen and oxygen atoms in total. The molecule has 1 aliphatic carbocycles. The molecule has 0 N–H and O–H groups in total. The van der Waals surface area contributed by atoms with Crippen molar-refractivity contribution in [3.63, 3.8) is 0 Å². The lowest BCUT2D eigenvalue weighted by Crippen LogP contribution is -2.51. The van der Waals surface area contributed by atoms with Gasteiger partial charge in [0.05, 0.1) is 0 Å². The molecular formula is C17H25N5S2. The van der Waals surface area contributed by atoms with Gasteiger partial charge >= 0.3 is 0 Å². The third-order valence-electron chi connectivity index (χ3n) is 5.44. The molecule has 0 aromatic carbocycles. The normalized spacial score (nSPS) is 26.2. The van der Waals surface area contributed by atoms with Crippen molar-refractivity contribution in [1.29, 1.82) is 0 Å². The van der Waals surface area contributed by atoms with Gasteiger partial charge in [-0.2, -0.15) is 0 Å². The number of anilines is 1. The molecule has 1 saturated heterocycles. The van der Waals surface area contributed by atoms with E-state index in [1.54, 1.807) is 29.4 Å². The topological polar surface area (TPSA) is 45.2 Å². The zero-order valence-corrected chi connectivity index (χ0v) is 16.1. The fraction of sp³-hybridized carbons (Fsp3) is 0.706. The van der Waals surface area contributed by atoms with E-state index in [2.05, 4.69) is 37.9 Å². The first-order valence-corrected chi connectivity index (χ1v) is 10.9. The van der Waals surface area contributed by atoms with Gasteiger partial charge in [-0.3, -0.25) is 4.90 Å². The van der Waals surface area contributed by atoms with E-state index >= 15 is 0 Å². The molecule has 2 fully saturated rings. The van der Waals surface area contributed by atoms with E-state index in [0.717, 1.165) is 58.6 Å². The Hall–Kier alpha value is -0.920. The maximum atomic E-state index is 4.58. The van der Waals surface area contributed by atoms with Crippen LogP contribution in [0, 0.1) is 5.92 Å². The predicted octanol–water partition coefficient (Wildman–Crippen LogP) is 3.51. The van der Waals surface area contributed by atoms with Crippen molar-refractivity contribution in [1.82, 2.24) is 19.9 Å². The van der Waals surface area contributed by atoms with Gasteiger partial charge in [-0.05, 0) is 37.9 Å². The minimum atomic E-state index is 0.806. The number of thiazole rings is 1. The van der Waals surface area contributed by atoms with E-state index in [1.807, 2.05) is 0 Å². The Kier molecular flexibility index (Phi) is 4.92. The molecule has 1 saturated carbocycles. The molecular weight excluding hydrogens is 338 g/mol. The largest absolute Gasteiger partial charge is 0.353 e. The highest BCUT2D eigenvalue weighted by Crippen LogP contribution is 2.34. The summed E-state index contributed by atoms with van der Waals surface area (Å²) in [6, 6.07) is 0.806. The van der Waals surface area contributed by atoms with E-state index in [1.165, 1.54) is 25.7 Å². The van der Waals surface area contributed by atoms with Crippen LogP contribution in [0.4, 0.5) is 5.82 Å². The summed E-state index contributed by atoms with van der Waals surface area (Å²) in [5.41, 5.74) is 0.845. The highest BCUT2D eigenvalue weighted by molar-refractivity contribution is 8.00. The third kappa shape index (κ3) is 3.26. The SMILES string of the molecule is CSc1nc2ncnc(N3CCN(C4CCC(C)CC4)CC3)c2s1. The molecule has 0 unspecified atom stereocenters. The van der Waals surface area contributed by atoms with Gasteiger partial charge in [0.2, 0.25) is 0 Å². The second-order valence-corrected chi connectivity index (χ2v) is 9.02. The summed E-state index contributed by atoms with van der Waals surface area (Å²) in [4.78, 5) is 18.6. The fourth-order valence-corrected chi connectivity index (χ4v) is 5.47. The van der Waals surface area contributed by atoms with Gasteiger partial charge in [-0.25, -0.2) is 15.0 Å². The van der Waals surface area contributed by atoms with Crippen molar-refractivity contribution in [3.8, 4) is 0 Å². The van der Waals surface area contributed by atoms with Crippen LogP contribution in [0.15, 0.2) is 10.7 Å². The summed E-state index contributed by atoms with van der Waals surface area (Å²) in [5, 5.41) is 0. The summed E-state index contributed by atoms with van der Waals surface area (Å²) in [6.07, 6.45) is 9.28. The Morgan fingerprint density at radius 3 is 2.54 bits per heavy atom. The Balaban J connectivity index is 1.45. The summed E-state index contributed by atoms with van der Waals surface area (Å²) in [6.45, 7) is 6.82. The number of rotatable bonds is 3. The van der Waals surface area contributed by atoms with Crippen molar-refractivity contribution in [2.45, 2.75) is 43.0 Å². The lowest BCUT2D eigenvalue weighted by molar-refractivity contribution is 0.132. The number of aromatic nitrogens is 3. The molecule has 7 heteroatoms. The lowest BCUT2D eigenvalue weighted by Gasteiger charge is -2.42. The predicted molar refractivity (Wildman–Crippen MR) is 102 cm³/mol. The van der Waals surface area contributed by atoms with E-state index in [4.69, 9.17) is 0 Å². The quantitative estimate of drug-likeness (QED) is 0.778. The zero-order valence-electron chi connectivity index (χ0n) is 14.4. The Morgan fingerprint density at radius 1 is 1.08 bits per heavy atom. The molecule has 0 spiro atoms. The number of nitrogens with zero attached hydrogens (tertiary/aromatic N) is 5. The van der Waals surface area contributed by atoms with E-state index < -0.39 is 0 Å². The molecule has 1 aliphatic heterocycles. The molecule has 4 rings (SSSR count). The molecule has 130 valence electrons. The summed E-state index contributed by atoms with van der Waals surface area (Å²) in [7, 11) is 0. The first-order chi connectivity index (χ1) is 11.7. The van der Waals surface area contributed by atoms with Crippen molar-refractivity contribution < 1.29 is 0 Å². The smallest absolute Gasteiger partial charge is 0.176 e. The standard InChI is InChI=1S/C17H25N5S2/c1-12-3-5-13(6-4-12)21-7-9-22(10-8-21)16-14-15(18-11-19-16)20-17(23-2)24-14/h11-13H,3-10H2,1-2H3. The molecule has 24 heavy (non-hydrogen) atoms. The maximum absolute atomic E-state index is 4.58. The molecule has 3 heterocycles. The van der Waals surface area contributed by atoms with Gasteiger partial charge < -0.3 is 4.90 Å². The fourth-order valence-electron chi connectivity index (χ4n) is 3.94. The van der Waals surface area contributed by atoms with E-state index in [-0.39, 0.29) is 0 Å². The molecule has 0 amide bonds. The van der Waals surface area contributed by atoms with Crippen LogP contribution >= 0.6 is 23.1 Å². The Bertz CT molecular complexity index is 687. The van der Waals surface area contributed by atoms with Crippen LogP contribution in [0.1, 0.15) is 32.6 Å². The average molecular weight is 364 g/mol. The highest BCUT2D eigenvalue weighted by Gasteiger charge is 2.28. The Morgan fingerprint density at radius 2 is 1.83 bits per heavy atom. The summed E-state index contributed by atoms with van der Waals surface area (Å²) >= 11 is 3.40. The van der Waals surface area contributed by atoms with Gasteiger partial charge in [0, 0.05) is 32.2 Å². The van der Waals surface area contributed by atoms with Gasteiger partial charge in [-0.15, -0.1) is 11.3 Å². The van der Waals surface area contributed by atoms with Gasteiger partial charge in [0.25, 0.3) is 0 Å². The van der Waals surface area contributed by atoms with Crippen LogP contribution in [0.25, 0.3) is 10.3 Å². The van der Waals surface area contributed by atoms with Gasteiger partial charge in [0.15, 0.2) is 15.8 Å². The first-order valence-electron chi connectivity index (χ1n) is 8.89. The molecule has 2 aromatic heterocycles. The van der Waals surface area contributed by atoms with Crippen LogP contribution < -0.4 is 4.90 Å². The summed E-state index contributed by atoms with van der Waals surface area (Å²) in [5.74, 6) is 2.00. The summed E-state index contributed by atoms with van der Waals surface area (Å²) < 4.78 is 2.21. The minimum absolute atomic E-state index is 0.806. The second-order valence-electron chi connectivity index (χ2n) is 6.97. The van der Waals surface area contributed by atoms with Crippen molar-refractivity contribution in [2.24, 2.45) is 5.92 Å². The van der Waals surface area contributed by atoms with E-state index in [9.17, 15) is 0 Å². The highest BCUT2D eigenvalue weighted by atomic mass is 32.2. The zero-order chi connectivity index (χ0) is 16.5. The van der Waals surface area contributed by atoms with Crippen LogP contribution in [-0.4, -0.2) is 58.3 Å². The average Bonchev–Trinajstić information content (AvgIpc) is 3.06. The van der Waals surface area contributed by atoms with Crippen LogP contribution in [-0.2, 0) is 0 Å². The van der Waals surface area contributed by atoms with Crippen LogP contribution in [0.5, 0.6) is 0 Å². The molecule has 0 atom stereocenters. The second kappa shape index (κ2) is 7.14.